The molecule has 2 aromatic rings. The predicted octanol–water partition coefficient (Wildman–Crippen LogP) is 3.09. The minimum atomic E-state index is -0.118. The van der Waals surface area contributed by atoms with Crippen LogP contribution in [0.15, 0.2) is 16.9 Å². The maximum atomic E-state index is 12.6. The van der Waals surface area contributed by atoms with Gasteiger partial charge in [-0.25, -0.2) is 4.98 Å². The SMILES string of the molecule is Cc1cc2nc(C)c(=O)n(CCC(=O)NCCCN3CCCC[C@H]3C)c2cc1C. The number of benzene rings is 1. The summed E-state index contributed by atoms with van der Waals surface area (Å²) in [4.78, 5) is 31.9. The van der Waals surface area contributed by atoms with Crippen molar-refractivity contribution >= 4 is 16.9 Å². The lowest BCUT2D eigenvalue weighted by atomic mass is 10.0. The van der Waals surface area contributed by atoms with Crippen molar-refractivity contribution in [3.8, 4) is 0 Å². The van der Waals surface area contributed by atoms with Gasteiger partial charge in [0.15, 0.2) is 0 Å². The van der Waals surface area contributed by atoms with E-state index in [1.54, 1.807) is 11.5 Å². The third kappa shape index (κ3) is 5.24. The largest absolute Gasteiger partial charge is 0.356 e. The first-order valence-electron chi connectivity index (χ1n) is 10.9. The molecule has 29 heavy (non-hydrogen) atoms. The fraction of sp³-hybridized carbons (Fsp3) is 0.609. The number of nitrogens with one attached hydrogen (secondary N) is 1. The topological polar surface area (TPSA) is 67.2 Å². The molecule has 6 nitrogen and oxygen atoms in total. The molecule has 6 heteroatoms. The van der Waals surface area contributed by atoms with Crippen LogP contribution in [0.2, 0.25) is 0 Å². The van der Waals surface area contributed by atoms with Crippen LogP contribution in [0.4, 0.5) is 0 Å². The highest BCUT2D eigenvalue weighted by Gasteiger charge is 2.17. The molecule has 0 unspecified atom stereocenters. The van der Waals surface area contributed by atoms with E-state index in [-0.39, 0.29) is 11.5 Å². The first kappa shape index (κ1) is 21.5. The van der Waals surface area contributed by atoms with E-state index >= 15 is 0 Å². The zero-order valence-corrected chi connectivity index (χ0v) is 18.3. The van der Waals surface area contributed by atoms with Crippen LogP contribution in [0.25, 0.3) is 11.0 Å². The molecule has 1 aliphatic rings. The Hall–Kier alpha value is -2.21. The van der Waals surface area contributed by atoms with Crippen LogP contribution in [0.3, 0.4) is 0 Å². The number of amides is 1. The minimum absolute atomic E-state index is 0.00459. The fourth-order valence-corrected chi connectivity index (χ4v) is 4.15. The summed E-state index contributed by atoms with van der Waals surface area (Å²) >= 11 is 0. The van der Waals surface area contributed by atoms with Gasteiger partial charge in [0, 0.05) is 32.1 Å². The van der Waals surface area contributed by atoms with Crippen molar-refractivity contribution in [2.24, 2.45) is 0 Å². The third-order valence-electron chi connectivity index (χ3n) is 6.17. The van der Waals surface area contributed by atoms with E-state index < -0.39 is 0 Å². The quantitative estimate of drug-likeness (QED) is 0.728. The molecule has 0 spiro atoms. The van der Waals surface area contributed by atoms with Crippen molar-refractivity contribution in [1.82, 2.24) is 19.8 Å². The van der Waals surface area contributed by atoms with E-state index in [0.29, 0.717) is 31.2 Å². The highest BCUT2D eigenvalue weighted by Crippen LogP contribution is 2.18. The highest BCUT2D eigenvalue weighted by atomic mass is 16.1. The lowest BCUT2D eigenvalue weighted by molar-refractivity contribution is -0.121. The van der Waals surface area contributed by atoms with Gasteiger partial charge >= 0.3 is 0 Å². The van der Waals surface area contributed by atoms with Gasteiger partial charge in [0.05, 0.1) is 11.0 Å². The average Bonchev–Trinajstić information content (AvgIpc) is 2.69. The number of likely N-dealkylation sites (tertiary alicyclic amines) is 1. The van der Waals surface area contributed by atoms with Crippen LogP contribution in [0, 0.1) is 20.8 Å². The number of aromatic nitrogens is 2. The Morgan fingerprint density at radius 2 is 1.93 bits per heavy atom. The summed E-state index contributed by atoms with van der Waals surface area (Å²) in [7, 11) is 0. The normalized spacial score (nSPS) is 17.6. The Balaban J connectivity index is 1.56. The van der Waals surface area contributed by atoms with E-state index in [9.17, 15) is 9.59 Å². The molecule has 0 bridgehead atoms. The summed E-state index contributed by atoms with van der Waals surface area (Å²) in [5, 5.41) is 3.01. The summed E-state index contributed by atoms with van der Waals surface area (Å²) in [6.45, 7) is 11.4. The Bertz CT molecular complexity index is 935. The van der Waals surface area contributed by atoms with E-state index in [1.165, 1.54) is 25.8 Å². The minimum Gasteiger partial charge on any atom is -0.356 e. The fourth-order valence-electron chi connectivity index (χ4n) is 4.15. The molecule has 2 heterocycles. The number of aryl methyl sites for hydroxylation is 4. The molecule has 158 valence electrons. The molecule has 1 saturated heterocycles. The van der Waals surface area contributed by atoms with Crippen LogP contribution in [0.1, 0.15) is 55.8 Å². The van der Waals surface area contributed by atoms with E-state index in [1.807, 2.05) is 26.0 Å². The Morgan fingerprint density at radius 3 is 2.69 bits per heavy atom. The maximum Gasteiger partial charge on any atom is 0.272 e. The first-order valence-corrected chi connectivity index (χ1v) is 10.9. The van der Waals surface area contributed by atoms with Gasteiger partial charge in [-0.2, -0.15) is 0 Å². The lowest BCUT2D eigenvalue weighted by Gasteiger charge is -2.33. The molecule has 1 aliphatic heterocycles. The number of nitrogens with zero attached hydrogens (tertiary/aromatic N) is 3. The van der Waals surface area contributed by atoms with Crippen LogP contribution >= 0.6 is 0 Å². The van der Waals surface area contributed by atoms with Gasteiger partial charge in [-0.1, -0.05) is 6.42 Å². The molecule has 0 aliphatic carbocycles. The maximum absolute atomic E-state index is 12.6. The molecule has 3 rings (SSSR count). The van der Waals surface area contributed by atoms with Gasteiger partial charge in [-0.3, -0.25) is 9.59 Å². The Morgan fingerprint density at radius 1 is 1.17 bits per heavy atom. The van der Waals surface area contributed by atoms with Crippen LogP contribution in [-0.4, -0.2) is 46.0 Å². The van der Waals surface area contributed by atoms with Crippen LogP contribution in [-0.2, 0) is 11.3 Å². The smallest absolute Gasteiger partial charge is 0.272 e. The zero-order chi connectivity index (χ0) is 21.0. The lowest BCUT2D eigenvalue weighted by Crippen LogP contribution is -2.39. The van der Waals surface area contributed by atoms with E-state index in [2.05, 4.69) is 22.1 Å². The summed E-state index contributed by atoms with van der Waals surface area (Å²) in [6, 6.07) is 4.66. The van der Waals surface area contributed by atoms with Gasteiger partial charge in [0.25, 0.3) is 5.56 Å². The van der Waals surface area contributed by atoms with Gasteiger partial charge in [-0.15, -0.1) is 0 Å². The molecular formula is C23H34N4O2. The first-order chi connectivity index (χ1) is 13.9. The van der Waals surface area contributed by atoms with Crippen molar-refractivity contribution in [1.29, 1.82) is 0 Å². The van der Waals surface area contributed by atoms with Gasteiger partial charge in [0.2, 0.25) is 5.91 Å². The summed E-state index contributed by atoms with van der Waals surface area (Å²) in [5.41, 5.74) is 4.23. The number of carbonyl (C=O) groups is 1. The standard InChI is InChI=1S/C23H34N4O2/c1-16-14-20-21(15-17(16)2)27(23(29)19(4)25-20)13-9-22(28)24-10-7-12-26-11-6-5-8-18(26)3/h14-15,18H,5-13H2,1-4H3,(H,24,28)/t18-/m1/s1. The van der Waals surface area contributed by atoms with Crippen LogP contribution in [0.5, 0.6) is 0 Å². The molecule has 1 N–H and O–H groups in total. The number of fused-ring (bicyclic) bond motifs is 1. The zero-order valence-electron chi connectivity index (χ0n) is 18.3. The van der Waals surface area contributed by atoms with E-state index in [4.69, 9.17) is 0 Å². The Kier molecular flexibility index (Phi) is 7.06. The molecule has 1 amide bonds. The number of hydrogen-bond acceptors (Lipinski definition) is 4. The highest BCUT2D eigenvalue weighted by molar-refractivity contribution is 5.78. The van der Waals surface area contributed by atoms with Crippen molar-refractivity contribution in [3.05, 3.63) is 39.3 Å². The summed E-state index contributed by atoms with van der Waals surface area (Å²) in [5.74, 6) is -0.00459. The molecule has 0 radical (unpaired) electrons. The van der Waals surface area contributed by atoms with Crippen molar-refractivity contribution < 1.29 is 4.79 Å². The van der Waals surface area contributed by atoms with Gasteiger partial charge in [0.1, 0.15) is 5.69 Å². The number of carbonyl (C=O) groups excluding carboxylic acids is 1. The third-order valence-corrected chi connectivity index (χ3v) is 6.17. The predicted molar refractivity (Wildman–Crippen MR) is 117 cm³/mol. The Labute approximate surface area is 173 Å². The molecular weight excluding hydrogens is 364 g/mol. The molecule has 1 aromatic carbocycles. The molecule has 0 saturated carbocycles. The molecule has 1 atom stereocenters. The number of hydrogen-bond donors (Lipinski definition) is 1. The second kappa shape index (κ2) is 9.53. The van der Waals surface area contributed by atoms with Gasteiger partial charge < -0.3 is 14.8 Å². The number of rotatable bonds is 7. The second-order valence-electron chi connectivity index (χ2n) is 8.41. The van der Waals surface area contributed by atoms with Gasteiger partial charge in [-0.05, 0) is 76.8 Å². The number of piperidine rings is 1. The van der Waals surface area contributed by atoms with Crippen LogP contribution < -0.4 is 10.9 Å². The average molecular weight is 399 g/mol. The molecule has 1 fully saturated rings. The van der Waals surface area contributed by atoms with Crippen molar-refractivity contribution in [3.63, 3.8) is 0 Å². The summed E-state index contributed by atoms with van der Waals surface area (Å²) in [6.07, 6.45) is 5.15. The van der Waals surface area contributed by atoms with Crippen molar-refractivity contribution in [2.75, 3.05) is 19.6 Å². The summed E-state index contributed by atoms with van der Waals surface area (Å²) < 4.78 is 1.69. The van der Waals surface area contributed by atoms with Crippen molar-refractivity contribution in [2.45, 2.75) is 72.4 Å². The van der Waals surface area contributed by atoms with E-state index in [0.717, 1.165) is 35.1 Å². The second-order valence-corrected chi connectivity index (χ2v) is 8.41. The molecule has 1 aromatic heterocycles. The monoisotopic (exact) mass is 398 g/mol.